The third-order valence-electron chi connectivity index (χ3n) is 5.84. The summed E-state index contributed by atoms with van der Waals surface area (Å²) in [5.41, 5.74) is 4.52. The van der Waals surface area contributed by atoms with Gasteiger partial charge in [-0.1, -0.05) is 32.6 Å². The molecule has 0 aromatic carbocycles. The van der Waals surface area contributed by atoms with Crippen LogP contribution in [0.5, 0.6) is 0 Å². The number of carbonyl (C=O) groups is 1. The van der Waals surface area contributed by atoms with Gasteiger partial charge < -0.3 is 9.88 Å². The van der Waals surface area contributed by atoms with Crippen LogP contribution in [0, 0.1) is 6.92 Å². The van der Waals surface area contributed by atoms with Gasteiger partial charge in [0.2, 0.25) is 0 Å². The van der Waals surface area contributed by atoms with E-state index in [1.807, 2.05) is 6.07 Å². The topological polar surface area (TPSA) is 72.7 Å². The molecule has 0 radical (unpaired) electrons. The predicted molar refractivity (Wildman–Crippen MR) is 121 cm³/mol. The minimum absolute atomic E-state index is 0.0149. The molecule has 7 heteroatoms. The van der Waals surface area contributed by atoms with Crippen LogP contribution in [-0.2, 0) is 0 Å². The van der Waals surface area contributed by atoms with Crippen molar-refractivity contribution in [3.8, 4) is 22.1 Å². The molecule has 3 heterocycles. The molecule has 0 aliphatic heterocycles. The number of carbonyl (C=O) groups excluding carboxylic acids is 1. The average Bonchev–Trinajstić information content (AvgIpc) is 3.40. The van der Waals surface area contributed by atoms with Gasteiger partial charge in [-0.3, -0.25) is 14.8 Å². The number of hydrogen-bond donors (Lipinski definition) is 1. The second-order valence-corrected chi connectivity index (χ2v) is 8.79. The molecular weight excluding hydrogens is 394 g/mol. The van der Waals surface area contributed by atoms with Crippen LogP contribution in [0.2, 0.25) is 0 Å². The van der Waals surface area contributed by atoms with Gasteiger partial charge in [0.05, 0.1) is 23.1 Å². The van der Waals surface area contributed by atoms with Gasteiger partial charge >= 0.3 is 0 Å². The summed E-state index contributed by atoms with van der Waals surface area (Å²) in [7, 11) is 0. The molecule has 6 nitrogen and oxygen atoms in total. The Morgan fingerprint density at radius 1 is 1.23 bits per heavy atom. The van der Waals surface area contributed by atoms with Gasteiger partial charge in [-0.25, -0.2) is 4.98 Å². The summed E-state index contributed by atoms with van der Waals surface area (Å²) in [6.07, 6.45) is 13.2. The highest BCUT2D eigenvalue weighted by atomic mass is 32.1. The third-order valence-corrected chi connectivity index (χ3v) is 6.71. The summed E-state index contributed by atoms with van der Waals surface area (Å²) in [6, 6.07) is 2.45. The van der Waals surface area contributed by atoms with Crippen LogP contribution in [0.25, 0.3) is 22.1 Å². The standard InChI is InChI=1S/C23H29N5OS/c1-3-4-10-26-22(29)18-13-21(28(16(18)2)17-8-6-5-7-9-17)20-15-30-23(27-20)19-14-24-11-12-25-19/h11-15,17H,3-10H2,1-2H3,(H,26,29). The molecule has 0 saturated heterocycles. The zero-order chi connectivity index (χ0) is 20.9. The summed E-state index contributed by atoms with van der Waals surface area (Å²) in [5, 5.41) is 5.99. The highest BCUT2D eigenvalue weighted by Gasteiger charge is 2.26. The first-order valence-corrected chi connectivity index (χ1v) is 11.8. The van der Waals surface area contributed by atoms with Gasteiger partial charge in [-0.2, -0.15) is 0 Å². The average molecular weight is 424 g/mol. The molecule has 1 N–H and O–H groups in total. The summed E-state index contributed by atoms with van der Waals surface area (Å²) >= 11 is 1.57. The lowest BCUT2D eigenvalue weighted by molar-refractivity contribution is 0.0952. The van der Waals surface area contributed by atoms with E-state index in [9.17, 15) is 4.79 Å². The van der Waals surface area contributed by atoms with Crippen molar-refractivity contribution in [2.45, 2.75) is 64.8 Å². The number of hydrogen-bond acceptors (Lipinski definition) is 5. The zero-order valence-corrected chi connectivity index (χ0v) is 18.5. The van der Waals surface area contributed by atoms with Crippen molar-refractivity contribution < 1.29 is 4.79 Å². The molecule has 1 amide bonds. The fourth-order valence-electron chi connectivity index (χ4n) is 4.25. The van der Waals surface area contributed by atoms with Crippen LogP contribution < -0.4 is 5.32 Å². The maximum absolute atomic E-state index is 12.9. The maximum Gasteiger partial charge on any atom is 0.253 e. The first kappa shape index (κ1) is 20.7. The van der Waals surface area contributed by atoms with Crippen molar-refractivity contribution in [3.05, 3.63) is 41.3 Å². The van der Waals surface area contributed by atoms with Crippen molar-refractivity contribution in [1.29, 1.82) is 0 Å². The Balaban J connectivity index is 1.71. The lowest BCUT2D eigenvalue weighted by Crippen LogP contribution is -2.25. The number of rotatable bonds is 7. The van der Waals surface area contributed by atoms with E-state index < -0.39 is 0 Å². The Hall–Kier alpha value is -2.54. The van der Waals surface area contributed by atoms with Gasteiger partial charge in [0.1, 0.15) is 10.7 Å². The number of aromatic nitrogens is 4. The van der Waals surface area contributed by atoms with Crippen LogP contribution in [0.1, 0.15) is 74.0 Å². The molecule has 0 spiro atoms. The van der Waals surface area contributed by atoms with Crippen LogP contribution in [0.4, 0.5) is 0 Å². The van der Waals surface area contributed by atoms with Crippen LogP contribution >= 0.6 is 11.3 Å². The molecule has 3 aromatic rings. The van der Waals surface area contributed by atoms with Gasteiger partial charge in [0.15, 0.2) is 0 Å². The maximum atomic E-state index is 12.9. The lowest BCUT2D eigenvalue weighted by Gasteiger charge is -2.26. The van der Waals surface area contributed by atoms with Gasteiger partial charge in [0, 0.05) is 36.1 Å². The Morgan fingerprint density at radius 3 is 2.80 bits per heavy atom. The number of unbranched alkanes of at least 4 members (excludes halogenated alkanes) is 1. The minimum atomic E-state index is 0.0149. The Labute approximate surface area is 181 Å². The SMILES string of the molecule is CCCCNC(=O)c1cc(-c2csc(-c3cnccn3)n2)n(C2CCCCC2)c1C. The van der Waals surface area contributed by atoms with Crippen LogP contribution in [0.15, 0.2) is 30.0 Å². The molecule has 0 unspecified atom stereocenters. The Morgan fingerprint density at radius 2 is 2.07 bits per heavy atom. The molecule has 1 aliphatic carbocycles. The zero-order valence-electron chi connectivity index (χ0n) is 17.7. The molecule has 3 aromatic heterocycles. The monoisotopic (exact) mass is 423 g/mol. The first-order chi connectivity index (χ1) is 14.7. The molecule has 0 bridgehead atoms. The summed E-state index contributed by atoms with van der Waals surface area (Å²) in [6.45, 7) is 4.92. The summed E-state index contributed by atoms with van der Waals surface area (Å²) in [5.74, 6) is 0.0149. The summed E-state index contributed by atoms with van der Waals surface area (Å²) in [4.78, 5) is 26.3. The molecule has 30 heavy (non-hydrogen) atoms. The van der Waals surface area contributed by atoms with Crippen molar-refractivity contribution >= 4 is 17.2 Å². The number of thiazole rings is 1. The number of nitrogens with zero attached hydrogens (tertiary/aromatic N) is 4. The molecule has 1 aliphatic rings. The molecule has 1 saturated carbocycles. The highest BCUT2D eigenvalue weighted by Crippen LogP contribution is 2.37. The smallest absolute Gasteiger partial charge is 0.253 e. The van der Waals surface area contributed by atoms with Crippen molar-refractivity contribution in [3.63, 3.8) is 0 Å². The normalized spacial score (nSPS) is 14.7. The van der Waals surface area contributed by atoms with E-state index in [-0.39, 0.29) is 5.91 Å². The second kappa shape index (κ2) is 9.51. The fourth-order valence-corrected chi connectivity index (χ4v) is 5.02. The number of nitrogens with one attached hydrogen (secondary N) is 1. The molecule has 0 atom stereocenters. The minimum Gasteiger partial charge on any atom is -0.352 e. The summed E-state index contributed by atoms with van der Waals surface area (Å²) < 4.78 is 2.36. The van der Waals surface area contributed by atoms with E-state index in [1.54, 1.807) is 29.9 Å². The van der Waals surface area contributed by atoms with E-state index in [1.165, 1.54) is 19.3 Å². The van der Waals surface area contributed by atoms with Crippen LogP contribution in [0.3, 0.4) is 0 Å². The molecular formula is C23H29N5OS. The second-order valence-electron chi connectivity index (χ2n) is 7.93. The molecule has 158 valence electrons. The van der Waals surface area contributed by atoms with Gasteiger partial charge in [-0.15, -0.1) is 11.3 Å². The van der Waals surface area contributed by atoms with Crippen molar-refractivity contribution in [2.75, 3.05) is 6.54 Å². The van der Waals surface area contributed by atoms with Crippen molar-refractivity contribution in [2.24, 2.45) is 0 Å². The Bertz CT molecular complexity index is 988. The quantitative estimate of drug-likeness (QED) is 0.516. The molecule has 4 rings (SSSR count). The largest absolute Gasteiger partial charge is 0.352 e. The van der Waals surface area contributed by atoms with Crippen LogP contribution in [-0.4, -0.2) is 32.0 Å². The third kappa shape index (κ3) is 4.31. The lowest BCUT2D eigenvalue weighted by atomic mass is 9.95. The van der Waals surface area contributed by atoms with Gasteiger partial charge in [0.25, 0.3) is 5.91 Å². The molecule has 1 fully saturated rings. The first-order valence-electron chi connectivity index (χ1n) is 10.9. The van der Waals surface area contributed by atoms with Crippen molar-refractivity contribution in [1.82, 2.24) is 24.8 Å². The Kier molecular flexibility index (Phi) is 6.57. The van der Waals surface area contributed by atoms with Gasteiger partial charge in [-0.05, 0) is 32.3 Å². The number of amides is 1. The highest BCUT2D eigenvalue weighted by molar-refractivity contribution is 7.13. The van der Waals surface area contributed by atoms with E-state index in [0.717, 1.165) is 59.0 Å². The van der Waals surface area contributed by atoms with E-state index >= 15 is 0 Å². The van der Waals surface area contributed by atoms with E-state index in [0.29, 0.717) is 12.6 Å². The van der Waals surface area contributed by atoms with E-state index in [4.69, 9.17) is 4.98 Å². The van der Waals surface area contributed by atoms with E-state index in [2.05, 4.69) is 39.1 Å². The fraction of sp³-hybridized carbons (Fsp3) is 0.478. The predicted octanol–water partition coefficient (Wildman–Crippen LogP) is 5.41.